The SMILES string of the molecule is c1ccc(-n2c3ccccc3c3cc4c5ccc6c(c7c(ccc8c9ccccc9n(-c9ccccc9)c87)n6-c6ccccc6)c5n(-c5ccccc5)c4cc32)cc1. The molecule has 9 aromatic carbocycles. The van der Waals surface area contributed by atoms with E-state index in [9.17, 15) is 0 Å². The van der Waals surface area contributed by atoms with Gasteiger partial charge in [-0.05, 0) is 84.9 Å². The Morgan fingerprint density at radius 2 is 0.552 bits per heavy atom. The highest BCUT2D eigenvalue weighted by molar-refractivity contribution is 6.34. The van der Waals surface area contributed by atoms with Gasteiger partial charge in [0.15, 0.2) is 0 Å². The van der Waals surface area contributed by atoms with Gasteiger partial charge in [-0.15, -0.1) is 0 Å². The molecule has 270 valence electrons. The minimum Gasteiger partial charge on any atom is -0.309 e. The summed E-state index contributed by atoms with van der Waals surface area (Å²) in [6, 6.07) is 75.4. The van der Waals surface area contributed by atoms with Gasteiger partial charge in [0.25, 0.3) is 0 Å². The van der Waals surface area contributed by atoms with Crippen LogP contribution in [0.25, 0.3) is 110 Å². The van der Waals surface area contributed by atoms with Crippen molar-refractivity contribution in [3.63, 3.8) is 0 Å². The van der Waals surface area contributed by atoms with E-state index in [0.29, 0.717) is 0 Å². The summed E-state index contributed by atoms with van der Waals surface area (Å²) in [5, 5.41) is 9.94. The Hall–Kier alpha value is -7.82. The lowest BCUT2D eigenvalue weighted by molar-refractivity contribution is 1.16. The van der Waals surface area contributed by atoms with Crippen molar-refractivity contribution in [2.24, 2.45) is 0 Å². The number of rotatable bonds is 4. The Morgan fingerprint density at radius 3 is 1.07 bits per heavy atom. The van der Waals surface area contributed by atoms with Crippen molar-refractivity contribution in [2.75, 3.05) is 0 Å². The maximum absolute atomic E-state index is 2.53. The number of hydrogen-bond acceptors (Lipinski definition) is 0. The van der Waals surface area contributed by atoms with Crippen LogP contribution >= 0.6 is 0 Å². The highest BCUT2D eigenvalue weighted by atomic mass is 15.0. The molecule has 4 heteroatoms. The van der Waals surface area contributed by atoms with Crippen molar-refractivity contribution < 1.29 is 0 Å². The maximum Gasteiger partial charge on any atom is 0.0642 e. The van der Waals surface area contributed by atoms with Crippen LogP contribution in [0.15, 0.2) is 206 Å². The summed E-state index contributed by atoms with van der Waals surface area (Å²) >= 11 is 0. The van der Waals surface area contributed by atoms with Gasteiger partial charge in [0, 0.05) is 65.8 Å². The number of aromatic nitrogens is 4. The predicted molar refractivity (Wildman–Crippen MR) is 244 cm³/mol. The zero-order chi connectivity index (χ0) is 37.9. The molecule has 4 heterocycles. The fraction of sp³-hybridized carbons (Fsp3) is 0. The molecule has 4 aromatic heterocycles. The van der Waals surface area contributed by atoms with E-state index in [-0.39, 0.29) is 0 Å². The van der Waals surface area contributed by atoms with Crippen LogP contribution in [0.5, 0.6) is 0 Å². The van der Waals surface area contributed by atoms with Crippen molar-refractivity contribution in [2.45, 2.75) is 0 Å². The lowest BCUT2D eigenvalue weighted by Crippen LogP contribution is -1.96. The van der Waals surface area contributed by atoms with Gasteiger partial charge in [-0.1, -0.05) is 121 Å². The van der Waals surface area contributed by atoms with Crippen LogP contribution in [0.3, 0.4) is 0 Å². The van der Waals surface area contributed by atoms with Gasteiger partial charge in [-0.25, -0.2) is 0 Å². The molecule has 0 aliphatic heterocycles. The van der Waals surface area contributed by atoms with Gasteiger partial charge in [-0.3, -0.25) is 0 Å². The zero-order valence-electron chi connectivity index (χ0n) is 31.4. The zero-order valence-corrected chi connectivity index (χ0v) is 31.4. The van der Waals surface area contributed by atoms with Gasteiger partial charge in [-0.2, -0.15) is 0 Å². The molecule has 0 aliphatic carbocycles. The minimum absolute atomic E-state index is 1.13. The fourth-order valence-corrected chi connectivity index (χ4v) is 10.00. The molecule has 0 N–H and O–H groups in total. The number of nitrogens with zero attached hydrogens (tertiary/aromatic N) is 4. The molecule has 0 amide bonds. The predicted octanol–water partition coefficient (Wildman–Crippen LogP) is 14.1. The van der Waals surface area contributed by atoms with E-state index in [1.807, 2.05) is 0 Å². The van der Waals surface area contributed by atoms with Crippen molar-refractivity contribution in [3.8, 4) is 22.7 Å². The van der Waals surface area contributed by atoms with E-state index in [4.69, 9.17) is 0 Å². The monoisotopic (exact) mass is 738 g/mol. The second-order valence-electron chi connectivity index (χ2n) is 15.3. The minimum atomic E-state index is 1.13. The molecule has 13 aromatic rings. The fourth-order valence-electron chi connectivity index (χ4n) is 10.00. The second-order valence-corrected chi connectivity index (χ2v) is 15.3. The first-order chi connectivity index (χ1) is 28.8. The molecule has 0 spiro atoms. The van der Waals surface area contributed by atoms with Crippen LogP contribution in [0.2, 0.25) is 0 Å². The molecule has 4 nitrogen and oxygen atoms in total. The maximum atomic E-state index is 2.53. The highest BCUT2D eigenvalue weighted by Crippen LogP contribution is 2.47. The van der Waals surface area contributed by atoms with Crippen LogP contribution in [0, 0.1) is 0 Å². The Morgan fingerprint density at radius 1 is 0.207 bits per heavy atom. The Labute approximate surface area is 333 Å². The number of fused-ring (bicyclic) bond motifs is 14. The van der Waals surface area contributed by atoms with Crippen molar-refractivity contribution in [1.29, 1.82) is 0 Å². The quantitative estimate of drug-likeness (QED) is 0.171. The molecule has 0 saturated carbocycles. The normalized spacial score (nSPS) is 12.1. The lowest BCUT2D eigenvalue weighted by atomic mass is 10.0. The topological polar surface area (TPSA) is 19.7 Å². The average Bonchev–Trinajstić information content (AvgIpc) is 4.01. The van der Waals surface area contributed by atoms with Crippen molar-refractivity contribution in [1.82, 2.24) is 18.3 Å². The molecule has 0 aliphatic rings. The van der Waals surface area contributed by atoms with E-state index < -0.39 is 0 Å². The first-order valence-corrected chi connectivity index (χ1v) is 20.0. The van der Waals surface area contributed by atoms with Gasteiger partial charge < -0.3 is 18.3 Å². The summed E-state index contributed by atoms with van der Waals surface area (Å²) in [5.74, 6) is 0. The van der Waals surface area contributed by atoms with Crippen LogP contribution in [0.4, 0.5) is 0 Å². The van der Waals surface area contributed by atoms with Gasteiger partial charge in [0.1, 0.15) is 0 Å². The van der Waals surface area contributed by atoms with Gasteiger partial charge >= 0.3 is 0 Å². The first kappa shape index (κ1) is 31.4. The Kier molecular flexibility index (Phi) is 6.41. The summed E-state index contributed by atoms with van der Waals surface area (Å²) in [4.78, 5) is 0. The molecule has 0 atom stereocenters. The molecular weight excluding hydrogens is 705 g/mol. The number of para-hydroxylation sites is 6. The van der Waals surface area contributed by atoms with Crippen LogP contribution < -0.4 is 0 Å². The standard InChI is InChI=1S/C54H34N4/c1-5-17-35(18-6-1)55-45-27-15-14-26-40(45)43-33-44-42-30-32-48-52(54(42)58(50(44)34-49(43)55)38-23-11-4-12-24-38)51-47(56(48)36-19-7-2-8-20-36)31-29-41-39-25-13-16-28-46(39)57(53(41)51)37-21-9-3-10-22-37/h1-34H. The van der Waals surface area contributed by atoms with Gasteiger partial charge in [0.2, 0.25) is 0 Å². The molecule has 58 heavy (non-hydrogen) atoms. The Balaban J connectivity index is 1.30. The molecule has 0 fully saturated rings. The third-order valence-electron chi connectivity index (χ3n) is 12.3. The van der Waals surface area contributed by atoms with Crippen LogP contribution in [-0.2, 0) is 0 Å². The van der Waals surface area contributed by atoms with Crippen molar-refractivity contribution >= 4 is 87.2 Å². The highest BCUT2D eigenvalue weighted by Gasteiger charge is 2.26. The van der Waals surface area contributed by atoms with E-state index in [0.717, 1.165) is 22.7 Å². The first-order valence-electron chi connectivity index (χ1n) is 20.0. The van der Waals surface area contributed by atoms with Crippen LogP contribution in [-0.4, -0.2) is 18.3 Å². The molecule has 0 radical (unpaired) electrons. The summed E-state index contributed by atoms with van der Waals surface area (Å²) in [6.45, 7) is 0. The van der Waals surface area contributed by atoms with E-state index in [1.165, 1.54) is 87.2 Å². The lowest BCUT2D eigenvalue weighted by Gasteiger charge is -2.11. The number of benzene rings is 9. The van der Waals surface area contributed by atoms with Gasteiger partial charge in [0.05, 0.1) is 44.1 Å². The molecule has 13 rings (SSSR count). The molecule has 0 bridgehead atoms. The Bertz CT molecular complexity index is 3750. The third kappa shape index (κ3) is 4.18. The van der Waals surface area contributed by atoms with E-state index in [2.05, 4.69) is 225 Å². The van der Waals surface area contributed by atoms with E-state index >= 15 is 0 Å². The summed E-state index contributed by atoms with van der Waals surface area (Å²) in [5.41, 5.74) is 14.1. The molecular formula is C54H34N4. The smallest absolute Gasteiger partial charge is 0.0642 e. The molecule has 0 saturated heterocycles. The largest absolute Gasteiger partial charge is 0.309 e. The van der Waals surface area contributed by atoms with Crippen molar-refractivity contribution in [3.05, 3.63) is 206 Å². The molecule has 0 unspecified atom stereocenters. The second kappa shape index (κ2) is 11.8. The summed E-state index contributed by atoms with van der Waals surface area (Å²) in [7, 11) is 0. The van der Waals surface area contributed by atoms with E-state index in [1.54, 1.807) is 0 Å². The third-order valence-corrected chi connectivity index (χ3v) is 12.3. The summed E-state index contributed by atoms with van der Waals surface area (Å²) < 4.78 is 9.91. The summed E-state index contributed by atoms with van der Waals surface area (Å²) in [6.07, 6.45) is 0. The van der Waals surface area contributed by atoms with Crippen LogP contribution in [0.1, 0.15) is 0 Å². The number of hydrogen-bond donors (Lipinski definition) is 0. The average molecular weight is 739 g/mol.